The van der Waals surface area contributed by atoms with Crippen LogP contribution in [0.4, 0.5) is 13.2 Å². The molecule has 3 rings (SSSR count). The van der Waals surface area contributed by atoms with Crippen molar-refractivity contribution >= 4 is 16.9 Å². The molecule has 0 saturated carbocycles. The Kier molecular flexibility index (Phi) is 4.78. The van der Waals surface area contributed by atoms with Crippen LogP contribution >= 0.6 is 0 Å². The van der Waals surface area contributed by atoms with Gasteiger partial charge in [-0.2, -0.15) is 13.2 Å². The van der Waals surface area contributed by atoms with E-state index in [0.29, 0.717) is 39.0 Å². The molecule has 0 amide bonds. The molecule has 0 unspecified atom stereocenters. The van der Waals surface area contributed by atoms with Crippen molar-refractivity contribution < 1.29 is 27.4 Å². The monoisotopic (exact) mass is 375 g/mol. The molecule has 140 valence electrons. The van der Waals surface area contributed by atoms with Crippen molar-refractivity contribution in [3.63, 3.8) is 0 Å². The first-order valence-electron chi connectivity index (χ1n) is 8.00. The summed E-state index contributed by atoms with van der Waals surface area (Å²) in [6.45, 7) is 1.78. The molecule has 4 nitrogen and oxygen atoms in total. The largest absolute Gasteiger partial charge is 0.496 e. The fourth-order valence-corrected chi connectivity index (χ4v) is 2.94. The van der Waals surface area contributed by atoms with Gasteiger partial charge in [-0.1, -0.05) is 12.1 Å². The van der Waals surface area contributed by atoms with Crippen LogP contribution in [0.2, 0.25) is 0 Å². The number of carbonyl (C=O) groups is 1. The number of rotatable bonds is 3. The SMILES string of the molecule is COC(=O)c1ccc2c(OC)c(C)c(-c3ccc(C(F)(F)F)cc3)nc2c1. The summed E-state index contributed by atoms with van der Waals surface area (Å²) in [4.78, 5) is 16.3. The Morgan fingerprint density at radius 3 is 2.26 bits per heavy atom. The van der Waals surface area contributed by atoms with Gasteiger partial charge < -0.3 is 9.47 Å². The zero-order valence-corrected chi connectivity index (χ0v) is 14.8. The van der Waals surface area contributed by atoms with E-state index in [4.69, 9.17) is 9.47 Å². The summed E-state index contributed by atoms with van der Waals surface area (Å²) in [5.74, 6) is 0.0423. The average molecular weight is 375 g/mol. The van der Waals surface area contributed by atoms with Crippen LogP contribution in [0.3, 0.4) is 0 Å². The van der Waals surface area contributed by atoms with E-state index >= 15 is 0 Å². The standard InChI is InChI=1S/C20H16F3NO3/c1-11-17(12-4-7-14(8-5-12)20(21,22)23)24-16-10-13(19(25)27-3)6-9-15(16)18(11)26-2/h4-10H,1-3H3. The number of halogens is 3. The summed E-state index contributed by atoms with van der Waals surface area (Å²) in [6.07, 6.45) is -4.41. The van der Waals surface area contributed by atoms with Gasteiger partial charge >= 0.3 is 12.1 Å². The van der Waals surface area contributed by atoms with Gasteiger partial charge in [-0.3, -0.25) is 0 Å². The maximum absolute atomic E-state index is 12.8. The highest BCUT2D eigenvalue weighted by Gasteiger charge is 2.30. The zero-order chi connectivity index (χ0) is 19.8. The van der Waals surface area contributed by atoms with Crippen LogP contribution in [-0.2, 0) is 10.9 Å². The zero-order valence-electron chi connectivity index (χ0n) is 14.8. The van der Waals surface area contributed by atoms with Gasteiger partial charge in [0.25, 0.3) is 0 Å². The molecule has 0 fully saturated rings. The van der Waals surface area contributed by atoms with Gasteiger partial charge in [-0.05, 0) is 37.3 Å². The molecule has 2 aromatic carbocycles. The fourth-order valence-electron chi connectivity index (χ4n) is 2.94. The van der Waals surface area contributed by atoms with Crippen molar-refractivity contribution in [1.29, 1.82) is 0 Å². The second kappa shape index (κ2) is 6.90. The second-order valence-corrected chi connectivity index (χ2v) is 5.92. The number of esters is 1. The molecular weight excluding hydrogens is 359 g/mol. The van der Waals surface area contributed by atoms with E-state index in [2.05, 4.69) is 4.98 Å². The van der Waals surface area contributed by atoms with Gasteiger partial charge in [-0.25, -0.2) is 9.78 Å². The molecule has 0 saturated heterocycles. The molecule has 0 aliphatic carbocycles. The third kappa shape index (κ3) is 3.45. The maximum Gasteiger partial charge on any atom is 0.416 e. The third-order valence-electron chi connectivity index (χ3n) is 4.28. The van der Waals surface area contributed by atoms with Crippen molar-refractivity contribution in [1.82, 2.24) is 4.98 Å². The van der Waals surface area contributed by atoms with Crippen LogP contribution in [0, 0.1) is 6.92 Å². The first kappa shape index (κ1) is 18.7. The molecule has 0 atom stereocenters. The first-order valence-corrected chi connectivity index (χ1v) is 8.00. The summed E-state index contributed by atoms with van der Waals surface area (Å²) in [7, 11) is 2.79. The predicted octanol–water partition coefficient (Wildman–Crippen LogP) is 5.02. The molecule has 0 N–H and O–H groups in total. The lowest BCUT2D eigenvalue weighted by molar-refractivity contribution is -0.137. The predicted molar refractivity (Wildman–Crippen MR) is 94.8 cm³/mol. The van der Waals surface area contributed by atoms with E-state index < -0.39 is 17.7 Å². The molecule has 0 aliphatic rings. The molecule has 0 aliphatic heterocycles. The van der Waals surface area contributed by atoms with Crippen molar-refractivity contribution in [2.75, 3.05) is 14.2 Å². The number of carbonyl (C=O) groups excluding carboxylic acids is 1. The van der Waals surface area contributed by atoms with E-state index in [1.165, 1.54) is 26.4 Å². The molecule has 0 spiro atoms. The summed E-state index contributed by atoms with van der Waals surface area (Å²) in [5, 5.41) is 0.693. The van der Waals surface area contributed by atoms with E-state index in [9.17, 15) is 18.0 Å². The van der Waals surface area contributed by atoms with E-state index in [1.54, 1.807) is 25.1 Å². The van der Waals surface area contributed by atoms with Crippen molar-refractivity contribution in [2.24, 2.45) is 0 Å². The lowest BCUT2D eigenvalue weighted by Crippen LogP contribution is -2.04. The minimum Gasteiger partial charge on any atom is -0.496 e. The van der Waals surface area contributed by atoms with Crippen molar-refractivity contribution in [2.45, 2.75) is 13.1 Å². The number of nitrogens with zero attached hydrogens (tertiary/aromatic N) is 1. The molecule has 0 bridgehead atoms. The summed E-state index contributed by atoms with van der Waals surface area (Å²) >= 11 is 0. The van der Waals surface area contributed by atoms with Crippen molar-refractivity contribution in [3.8, 4) is 17.0 Å². The van der Waals surface area contributed by atoms with Gasteiger partial charge in [0.05, 0.1) is 36.6 Å². The Morgan fingerprint density at radius 2 is 1.70 bits per heavy atom. The highest BCUT2D eigenvalue weighted by Crippen LogP contribution is 2.36. The molecule has 1 aromatic heterocycles. The molecule has 7 heteroatoms. The number of methoxy groups -OCH3 is 2. The van der Waals surface area contributed by atoms with Gasteiger partial charge in [-0.15, -0.1) is 0 Å². The molecule has 1 heterocycles. The van der Waals surface area contributed by atoms with E-state index in [-0.39, 0.29) is 0 Å². The summed E-state index contributed by atoms with van der Waals surface area (Å²) < 4.78 is 48.6. The molecule has 0 radical (unpaired) electrons. The normalized spacial score (nSPS) is 11.5. The molecule has 3 aromatic rings. The number of aromatic nitrogens is 1. The minimum atomic E-state index is -4.41. The van der Waals surface area contributed by atoms with Gasteiger partial charge in [0.2, 0.25) is 0 Å². The van der Waals surface area contributed by atoms with Gasteiger partial charge in [0.15, 0.2) is 0 Å². The number of alkyl halides is 3. The Morgan fingerprint density at radius 1 is 1.04 bits per heavy atom. The van der Waals surface area contributed by atoms with E-state index in [0.717, 1.165) is 12.1 Å². The van der Waals surface area contributed by atoms with Crippen LogP contribution in [0.5, 0.6) is 5.75 Å². The number of hydrogen-bond donors (Lipinski definition) is 0. The topological polar surface area (TPSA) is 48.4 Å². The Labute approximate surface area is 153 Å². The Hall–Kier alpha value is -3.09. The van der Waals surface area contributed by atoms with Crippen LogP contribution in [0.25, 0.3) is 22.2 Å². The highest BCUT2D eigenvalue weighted by molar-refractivity contribution is 5.97. The minimum absolute atomic E-state index is 0.321. The number of benzene rings is 2. The molecular formula is C20H16F3NO3. The highest BCUT2D eigenvalue weighted by atomic mass is 19.4. The molecule has 27 heavy (non-hydrogen) atoms. The Bertz CT molecular complexity index is 1010. The second-order valence-electron chi connectivity index (χ2n) is 5.92. The number of ether oxygens (including phenoxy) is 2. The van der Waals surface area contributed by atoms with E-state index in [1.807, 2.05) is 0 Å². The number of pyridine rings is 1. The number of fused-ring (bicyclic) bond motifs is 1. The van der Waals surface area contributed by atoms with Crippen LogP contribution in [0.15, 0.2) is 42.5 Å². The lowest BCUT2D eigenvalue weighted by atomic mass is 10.0. The number of hydrogen-bond acceptors (Lipinski definition) is 4. The van der Waals surface area contributed by atoms with Crippen LogP contribution < -0.4 is 4.74 Å². The van der Waals surface area contributed by atoms with Crippen LogP contribution in [0.1, 0.15) is 21.5 Å². The van der Waals surface area contributed by atoms with Gasteiger partial charge in [0, 0.05) is 16.5 Å². The first-order chi connectivity index (χ1) is 12.8. The maximum atomic E-state index is 12.8. The van der Waals surface area contributed by atoms with Gasteiger partial charge in [0.1, 0.15) is 5.75 Å². The Balaban J connectivity index is 2.20. The summed E-state index contributed by atoms with van der Waals surface area (Å²) in [6, 6.07) is 9.64. The lowest BCUT2D eigenvalue weighted by Gasteiger charge is -2.15. The van der Waals surface area contributed by atoms with Crippen LogP contribution in [-0.4, -0.2) is 25.2 Å². The van der Waals surface area contributed by atoms with Crippen molar-refractivity contribution in [3.05, 3.63) is 59.2 Å². The quantitative estimate of drug-likeness (QED) is 0.603. The summed E-state index contributed by atoms with van der Waals surface area (Å²) in [5.41, 5.74) is 1.76. The fraction of sp³-hybridized carbons (Fsp3) is 0.200. The average Bonchev–Trinajstić information content (AvgIpc) is 2.66. The smallest absolute Gasteiger partial charge is 0.416 e. The third-order valence-corrected chi connectivity index (χ3v) is 4.28.